The van der Waals surface area contributed by atoms with Gasteiger partial charge in [-0.2, -0.15) is 9.98 Å². The number of rotatable bonds is 7. The number of anilines is 1. The molecule has 0 fully saturated rings. The quantitative estimate of drug-likeness (QED) is 0.664. The molecule has 0 aliphatic carbocycles. The van der Waals surface area contributed by atoms with E-state index in [0.29, 0.717) is 0 Å². The third kappa shape index (κ3) is 5.57. The van der Waals surface area contributed by atoms with Crippen molar-refractivity contribution in [2.24, 2.45) is 0 Å². The molecule has 2 aromatic carbocycles. The maximum Gasteiger partial charge on any atom is 0.321 e. The largest absolute Gasteiger partial charge is 0.455 e. The third-order valence-electron chi connectivity index (χ3n) is 3.27. The Labute approximate surface area is 158 Å². The van der Waals surface area contributed by atoms with E-state index in [4.69, 9.17) is 5.26 Å². The summed E-state index contributed by atoms with van der Waals surface area (Å²) in [5.74, 6) is -3.70. The molecule has 0 bridgehead atoms. The Balaban J connectivity index is 1.88. The molecule has 11 heteroatoms. The summed E-state index contributed by atoms with van der Waals surface area (Å²) in [5.41, 5.74) is -0.547. The molecule has 0 saturated carbocycles. The first-order chi connectivity index (χ1) is 13.2. The van der Waals surface area contributed by atoms with Crippen molar-refractivity contribution < 1.29 is 31.5 Å². The van der Waals surface area contributed by atoms with Crippen LogP contribution in [-0.2, 0) is 24.3 Å². The van der Waals surface area contributed by atoms with Gasteiger partial charge in [-0.05, 0) is 24.3 Å². The Morgan fingerprint density at radius 2 is 1.86 bits per heavy atom. The number of carbonyl (C=O) groups excluding carboxylic acids is 2. The van der Waals surface area contributed by atoms with Crippen LogP contribution in [0.1, 0.15) is 5.56 Å². The number of benzene rings is 2. The van der Waals surface area contributed by atoms with Gasteiger partial charge in [-0.1, -0.05) is 12.1 Å². The molecule has 2 rings (SSSR count). The first-order valence-corrected chi connectivity index (χ1v) is 9.10. The van der Waals surface area contributed by atoms with Crippen LogP contribution in [0.5, 0.6) is 0 Å². The molecular formula is C17H13F2N3O5S. The van der Waals surface area contributed by atoms with Crippen LogP contribution >= 0.6 is 0 Å². The Hall–Kier alpha value is -3.36. The van der Waals surface area contributed by atoms with E-state index >= 15 is 0 Å². The van der Waals surface area contributed by atoms with Crippen molar-refractivity contribution >= 4 is 27.6 Å². The minimum Gasteiger partial charge on any atom is -0.455 e. The molecule has 0 heterocycles. The highest BCUT2D eigenvalue weighted by Crippen LogP contribution is 2.15. The maximum absolute atomic E-state index is 13.4. The fourth-order valence-corrected chi connectivity index (χ4v) is 3.13. The highest BCUT2D eigenvalue weighted by Gasteiger charge is 2.20. The first-order valence-electron chi connectivity index (χ1n) is 7.62. The monoisotopic (exact) mass is 409 g/mol. The summed E-state index contributed by atoms with van der Waals surface area (Å²) < 4.78 is 57.2. The number of nitrogens with one attached hydrogen (secondary N) is 2. The molecule has 1 amide bonds. The minimum atomic E-state index is -4.16. The topological polar surface area (TPSA) is 125 Å². The maximum atomic E-state index is 13.4. The van der Waals surface area contributed by atoms with Crippen molar-refractivity contribution in [2.75, 3.05) is 18.5 Å². The number of hydrogen-bond acceptors (Lipinski definition) is 6. The van der Waals surface area contributed by atoms with Crippen LogP contribution in [0.15, 0.2) is 47.4 Å². The van der Waals surface area contributed by atoms with Crippen molar-refractivity contribution in [2.45, 2.75) is 4.90 Å². The van der Waals surface area contributed by atoms with Crippen LogP contribution in [0.3, 0.4) is 0 Å². The van der Waals surface area contributed by atoms with Gasteiger partial charge in [0.2, 0.25) is 10.0 Å². The zero-order valence-corrected chi connectivity index (χ0v) is 14.9. The molecule has 0 unspecified atom stereocenters. The Morgan fingerprint density at radius 3 is 2.57 bits per heavy atom. The number of ether oxygens (including phenoxy) is 1. The third-order valence-corrected chi connectivity index (χ3v) is 4.73. The van der Waals surface area contributed by atoms with Gasteiger partial charge >= 0.3 is 5.97 Å². The lowest BCUT2D eigenvalue weighted by Crippen LogP contribution is -2.32. The van der Waals surface area contributed by atoms with Gasteiger partial charge in [0.15, 0.2) is 6.61 Å². The summed E-state index contributed by atoms with van der Waals surface area (Å²) in [4.78, 5) is 22.9. The molecule has 146 valence electrons. The van der Waals surface area contributed by atoms with Gasteiger partial charge in [-0.25, -0.2) is 17.2 Å². The molecule has 0 saturated heterocycles. The number of nitrogens with zero attached hydrogens (tertiary/aromatic N) is 1. The number of esters is 1. The van der Waals surface area contributed by atoms with Crippen LogP contribution in [-0.4, -0.2) is 33.4 Å². The van der Waals surface area contributed by atoms with E-state index in [9.17, 15) is 26.8 Å². The number of amides is 1. The van der Waals surface area contributed by atoms with Crippen LogP contribution in [0, 0.1) is 23.0 Å². The molecule has 0 atom stereocenters. The standard InChI is InChI=1S/C17H13F2N3O5S/c18-12-5-6-13(19)14(7-12)22-16(23)10-27-17(24)9-21-28(25,26)15-4-2-1-3-11(15)8-20/h1-7,21H,9-10H2,(H,22,23). The molecule has 0 aliphatic rings. The number of carbonyl (C=O) groups is 2. The Morgan fingerprint density at radius 1 is 1.14 bits per heavy atom. The number of nitriles is 1. The summed E-state index contributed by atoms with van der Waals surface area (Å²) in [6.07, 6.45) is 0. The second kappa shape index (κ2) is 9.03. The average Bonchev–Trinajstić information content (AvgIpc) is 2.67. The normalized spacial score (nSPS) is 10.8. The molecule has 0 spiro atoms. The fourth-order valence-electron chi connectivity index (χ4n) is 2.00. The van der Waals surface area contributed by atoms with Crippen molar-refractivity contribution in [3.63, 3.8) is 0 Å². The van der Waals surface area contributed by atoms with E-state index in [1.165, 1.54) is 24.3 Å². The summed E-state index contributed by atoms with van der Waals surface area (Å²) in [5, 5.41) is 10.9. The van der Waals surface area contributed by atoms with Crippen LogP contribution in [0.2, 0.25) is 0 Å². The number of hydrogen-bond donors (Lipinski definition) is 2. The highest BCUT2D eigenvalue weighted by molar-refractivity contribution is 7.89. The number of halogens is 2. The molecule has 0 aliphatic heterocycles. The van der Waals surface area contributed by atoms with E-state index in [1.807, 2.05) is 10.0 Å². The van der Waals surface area contributed by atoms with Crippen LogP contribution in [0.25, 0.3) is 0 Å². The summed E-state index contributed by atoms with van der Waals surface area (Å²) in [6.45, 7) is -1.64. The predicted molar refractivity (Wildman–Crippen MR) is 92.3 cm³/mol. The van der Waals surface area contributed by atoms with E-state index in [-0.39, 0.29) is 10.5 Å². The van der Waals surface area contributed by atoms with Gasteiger partial charge in [0.25, 0.3) is 5.91 Å². The van der Waals surface area contributed by atoms with Gasteiger partial charge in [-0.15, -0.1) is 0 Å². The van der Waals surface area contributed by atoms with Gasteiger partial charge in [0, 0.05) is 6.07 Å². The van der Waals surface area contributed by atoms with Crippen LogP contribution < -0.4 is 10.0 Å². The zero-order valence-electron chi connectivity index (χ0n) is 14.1. The van der Waals surface area contributed by atoms with Gasteiger partial charge in [0.05, 0.1) is 16.1 Å². The van der Waals surface area contributed by atoms with Crippen molar-refractivity contribution in [3.05, 3.63) is 59.7 Å². The smallest absolute Gasteiger partial charge is 0.321 e. The second-order valence-corrected chi connectivity index (χ2v) is 7.00. The van der Waals surface area contributed by atoms with E-state index in [1.54, 1.807) is 6.07 Å². The first kappa shape index (κ1) is 20.9. The molecule has 0 aromatic heterocycles. The lowest BCUT2D eigenvalue weighted by molar-refractivity contribution is -0.146. The van der Waals surface area contributed by atoms with Crippen molar-refractivity contribution in [1.82, 2.24) is 4.72 Å². The van der Waals surface area contributed by atoms with Gasteiger partial charge in [-0.3, -0.25) is 9.59 Å². The lowest BCUT2D eigenvalue weighted by Gasteiger charge is -2.09. The SMILES string of the molecule is N#Cc1ccccc1S(=O)(=O)NCC(=O)OCC(=O)Nc1cc(F)ccc1F. The Kier molecular flexibility index (Phi) is 6.75. The van der Waals surface area contributed by atoms with Gasteiger partial charge < -0.3 is 10.1 Å². The van der Waals surface area contributed by atoms with E-state index in [2.05, 4.69) is 4.74 Å². The average molecular weight is 409 g/mol. The molecule has 2 aromatic rings. The summed E-state index contributed by atoms with van der Waals surface area (Å²) >= 11 is 0. The lowest BCUT2D eigenvalue weighted by atomic mass is 10.2. The zero-order chi connectivity index (χ0) is 20.7. The fraction of sp³-hybridized carbons (Fsp3) is 0.118. The summed E-state index contributed by atoms with van der Waals surface area (Å²) in [6, 6.07) is 9.50. The van der Waals surface area contributed by atoms with E-state index < -0.39 is 52.4 Å². The van der Waals surface area contributed by atoms with E-state index in [0.717, 1.165) is 18.2 Å². The molecule has 28 heavy (non-hydrogen) atoms. The number of sulfonamides is 1. The molecule has 0 radical (unpaired) electrons. The van der Waals surface area contributed by atoms with Crippen molar-refractivity contribution in [3.8, 4) is 6.07 Å². The molecule has 2 N–H and O–H groups in total. The molecule has 8 nitrogen and oxygen atoms in total. The highest BCUT2D eigenvalue weighted by atomic mass is 32.2. The predicted octanol–water partition coefficient (Wildman–Crippen LogP) is 1.30. The van der Waals surface area contributed by atoms with Crippen LogP contribution in [0.4, 0.5) is 14.5 Å². The Bertz CT molecular complexity index is 1050. The minimum absolute atomic E-state index is 0.111. The van der Waals surface area contributed by atoms with Gasteiger partial charge in [0.1, 0.15) is 24.2 Å². The van der Waals surface area contributed by atoms with Crippen molar-refractivity contribution in [1.29, 1.82) is 5.26 Å². The second-order valence-electron chi connectivity index (χ2n) is 5.27. The summed E-state index contributed by atoms with van der Waals surface area (Å²) in [7, 11) is -4.16. The molecular weight excluding hydrogens is 396 g/mol.